The Kier molecular flexibility index (Phi) is 4.58. The van der Waals surface area contributed by atoms with Gasteiger partial charge in [0, 0.05) is 12.0 Å². The summed E-state index contributed by atoms with van der Waals surface area (Å²) in [6, 6.07) is -0.317. The molecule has 21 heavy (non-hydrogen) atoms. The highest BCUT2D eigenvalue weighted by Gasteiger charge is 2.46. The van der Waals surface area contributed by atoms with Gasteiger partial charge in [-0.1, -0.05) is 20.8 Å². The lowest BCUT2D eigenvalue weighted by Crippen LogP contribution is -2.54. The van der Waals surface area contributed by atoms with Gasteiger partial charge in [-0.15, -0.1) is 0 Å². The minimum atomic E-state index is -0.920. The molecule has 0 spiro atoms. The van der Waals surface area contributed by atoms with Gasteiger partial charge in [-0.3, -0.25) is 9.59 Å². The summed E-state index contributed by atoms with van der Waals surface area (Å²) in [5.74, 6) is -1.53. The van der Waals surface area contributed by atoms with Gasteiger partial charge in [0.2, 0.25) is 5.91 Å². The van der Waals surface area contributed by atoms with E-state index in [0.717, 1.165) is 12.8 Å². The van der Waals surface area contributed by atoms with E-state index in [2.05, 4.69) is 26.1 Å². The molecule has 0 aromatic rings. The smallest absolute Gasteiger partial charge is 0.311 e. The topological polar surface area (TPSA) is 102 Å². The molecule has 6 nitrogen and oxygen atoms in total. The Balaban J connectivity index is 2.04. The molecule has 5 unspecified atom stereocenters. The summed E-state index contributed by atoms with van der Waals surface area (Å²) in [6.45, 7) is 6.66. The van der Waals surface area contributed by atoms with Crippen LogP contribution in [0.5, 0.6) is 0 Å². The third-order valence-corrected chi connectivity index (χ3v) is 5.54. The number of hydrogen-bond donors (Lipinski definition) is 3. The van der Waals surface area contributed by atoms with Crippen molar-refractivity contribution in [3.05, 3.63) is 0 Å². The van der Waals surface area contributed by atoms with E-state index < -0.39 is 17.9 Å². The summed E-state index contributed by atoms with van der Waals surface area (Å²) in [7, 11) is 0. The Labute approximate surface area is 125 Å². The molecule has 2 rings (SSSR count). The average molecular weight is 298 g/mol. The fraction of sp³-hybridized carbons (Fsp3) is 0.867. The van der Waals surface area contributed by atoms with E-state index in [1.54, 1.807) is 0 Å². The van der Waals surface area contributed by atoms with Gasteiger partial charge in [0.15, 0.2) is 0 Å². The number of carboxylic acid groups (broad SMARTS) is 1. The van der Waals surface area contributed by atoms with Gasteiger partial charge in [0.05, 0.1) is 19.3 Å². The summed E-state index contributed by atoms with van der Waals surface area (Å²) in [5.41, 5.74) is 5.92. The SMILES string of the molecule is CC1C(N)CCC(C(=O)NC2COCC2C(=O)O)C1(C)C. The van der Waals surface area contributed by atoms with Gasteiger partial charge in [0.25, 0.3) is 0 Å². The second-order valence-electron chi connectivity index (χ2n) is 7.00. The minimum absolute atomic E-state index is 0.0690. The molecule has 1 saturated carbocycles. The molecule has 1 heterocycles. The van der Waals surface area contributed by atoms with Gasteiger partial charge < -0.3 is 20.9 Å². The fourth-order valence-electron chi connectivity index (χ4n) is 3.54. The maximum absolute atomic E-state index is 12.6. The number of nitrogens with one attached hydrogen (secondary N) is 1. The van der Waals surface area contributed by atoms with Gasteiger partial charge in [-0.2, -0.15) is 0 Å². The van der Waals surface area contributed by atoms with Crippen molar-refractivity contribution in [1.82, 2.24) is 5.32 Å². The lowest BCUT2D eigenvalue weighted by molar-refractivity contribution is -0.142. The molecule has 0 aromatic carbocycles. The second-order valence-corrected chi connectivity index (χ2v) is 7.00. The van der Waals surface area contributed by atoms with Crippen molar-refractivity contribution in [3.63, 3.8) is 0 Å². The highest BCUT2D eigenvalue weighted by molar-refractivity contribution is 5.81. The summed E-state index contributed by atoms with van der Waals surface area (Å²) in [5, 5.41) is 12.0. The molecule has 1 saturated heterocycles. The van der Waals surface area contributed by atoms with E-state index in [0.29, 0.717) is 0 Å². The van der Waals surface area contributed by atoms with Crippen LogP contribution in [0.3, 0.4) is 0 Å². The van der Waals surface area contributed by atoms with Crippen LogP contribution < -0.4 is 11.1 Å². The molecule has 120 valence electrons. The van der Waals surface area contributed by atoms with Crippen LogP contribution in [-0.4, -0.2) is 42.3 Å². The van der Waals surface area contributed by atoms with Crippen molar-refractivity contribution in [2.24, 2.45) is 28.9 Å². The molecule has 0 aromatic heterocycles. The van der Waals surface area contributed by atoms with Gasteiger partial charge in [0.1, 0.15) is 5.92 Å². The predicted molar refractivity (Wildman–Crippen MR) is 77.5 cm³/mol. The van der Waals surface area contributed by atoms with E-state index in [1.165, 1.54) is 0 Å². The number of carbonyl (C=O) groups excluding carboxylic acids is 1. The minimum Gasteiger partial charge on any atom is -0.481 e. The normalized spacial score (nSPS) is 39.0. The van der Waals surface area contributed by atoms with Gasteiger partial charge in [-0.25, -0.2) is 0 Å². The standard InChI is InChI=1S/C15H26N2O4/c1-8-11(16)5-4-10(15(8,2)3)13(18)17-12-7-21-6-9(12)14(19)20/h8-12H,4-7,16H2,1-3H3,(H,17,18)(H,19,20). The van der Waals surface area contributed by atoms with Crippen molar-refractivity contribution in [3.8, 4) is 0 Å². The average Bonchev–Trinajstić information content (AvgIpc) is 2.84. The lowest BCUT2D eigenvalue weighted by atomic mass is 9.61. The van der Waals surface area contributed by atoms with E-state index in [1.807, 2.05) is 0 Å². The Bertz CT molecular complexity index is 424. The van der Waals surface area contributed by atoms with Crippen LogP contribution in [-0.2, 0) is 14.3 Å². The first-order valence-corrected chi connectivity index (χ1v) is 7.61. The predicted octanol–water partition coefficient (Wildman–Crippen LogP) is 0.602. The van der Waals surface area contributed by atoms with Crippen LogP contribution in [0.1, 0.15) is 33.6 Å². The lowest BCUT2D eigenvalue weighted by Gasteiger charge is -2.46. The Hall–Kier alpha value is -1.14. The molecule has 2 aliphatic rings. The summed E-state index contributed by atoms with van der Waals surface area (Å²) in [4.78, 5) is 23.7. The summed E-state index contributed by atoms with van der Waals surface area (Å²) >= 11 is 0. The van der Waals surface area contributed by atoms with Crippen LogP contribution in [0.2, 0.25) is 0 Å². The molecular formula is C15H26N2O4. The largest absolute Gasteiger partial charge is 0.481 e. The van der Waals surface area contributed by atoms with Crippen molar-refractivity contribution < 1.29 is 19.4 Å². The Morgan fingerprint density at radius 1 is 1.29 bits per heavy atom. The summed E-state index contributed by atoms with van der Waals surface area (Å²) in [6.07, 6.45) is 1.57. The van der Waals surface area contributed by atoms with E-state index >= 15 is 0 Å². The molecule has 6 heteroatoms. The molecule has 1 amide bonds. The number of rotatable bonds is 3. The van der Waals surface area contributed by atoms with Crippen molar-refractivity contribution >= 4 is 11.9 Å². The van der Waals surface area contributed by atoms with Crippen molar-refractivity contribution in [2.45, 2.75) is 45.7 Å². The molecule has 1 aliphatic carbocycles. The number of carboxylic acids is 1. The zero-order chi connectivity index (χ0) is 15.8. The van der Waals surface area contributed by atoms with Crippen LogP contribution >= 0.6 is 0 Å². The zero-order valence-electron chi connectivity index (χ0n) is 13.0. The summed E-state index contributed by atoms with van der Waals surface area (Å²) < 4.78 is 5.19. The maximum Gasteiger partial charge on any atom is 0.311 e. The van der Waals surface area contributed by atoms with Crippen LogP contribution in [0, 0.1) is 23.2 Å². The molecule has 0 radical (unpaired) electrons. The number of amides is 1. The quantitative estimate of drug-likeness (QED) is 0.708. The number of carbonyl (C=O) groups is 2. The molecular weight excluding hydrogens is 272 g/mol. The van der Waals surface area contributed by atoms with E-state index in [4.69, 9.17) is 15.6 Å². The van der Waals surface area contributed by atoms with Gasteiger partial charge >= 0.3 is 5.97 Å². The molecule has 1 aliphatic heterocycles. The first kappa shape index (κ1) is 16.2. The monoisotopic (exact) mass is 298 g/mol. The molecule has 4 N–H and O–H groups in total. The first-order chi connectivity index (χ1) is 9.75. The second kappa shape index (κ2) is 5.93. The Morgan fingerprint density at radius 3 is 2.57 bits per heavy atom. The first-order valence-electron chi connectivity index (χ1n) is 7.61. The maximum atomic E-state index is 12.6. The van der Waals surface area contributed by atoms with E-state index in [9.17, 15) is 9.59 Å². The van der Waals surface area contributed by atoms with Crippen LogP contribution in [0.4, 0.5) is 0 Å². The van der Waals surface area contributed by atoms with Crippen LogP contribution in [0.25, 0.3) is 0 Å². The number of aliphatic carboxylic acids is 1. The highest BCUT2D eigenvalue weighted by Crippen LogP contribution is 2.44. The molecule has 5 atom stereocenters. The van der Waals surface area contributed by atoms with Crippen LogP contribution in [0.15, 0.2) is 0 Å². The fourth-order valence-corrected chi connectivity index (χ4v) is 3.54. The van der Waals surface area contributed by atoms with Gasteiger partial charge in [-0.05, 0) is 24.2 Å². The highest BCUT2D eigenvalue weighted by atomic mass is 16.5. The number of nitrogens with two attached hydrogens (primary N) is 1. The van der Waals surface area contributed by atoms with E-state index in [-0.39, 0.29) is 42.4 Å². The zero-order valence-corrected chi connectivity index (χ0v) is 13.0. The number of hydrogen-bond acceptors (Lipinski definition) is 4. The van der Waals surface area contributed by atoms with Crippen molar-refractivity contribution in [2.75, 3.05) is 13.2 Å². The number of ether oxygens (including phenoxy) is 1. The van der Waals surface area contributed by atoms with Crippen molar-refractivity contribution in [1.29, 1.82) is 0 Å². The third kappa shape index (κ3) is 3.06. The molecule has 2 fully saturated rings. The Morgan fingerprint density at radius 2 is 1.95 bits per heavy atom. The molecule has 0 bridgehead atoms. The third-order valence-electron chi connectivity index (χ3n) is 5.54.